The molecule has 5 rings (SSSR count). The van der Waals surface area contributed by atoms with Gasteiger partial charge in [0.25, 0.3) is 11.8 Å². The second kappa shape index (κ2) is 7.47. The molecule has 7 heteroatoms. The van der Waals surface area contributed by atoms with Crippen molar-refractivity contribution in [1.82, 2.24) is 9.13 Å². The fourth-order valence-electron chi connectivity index (χ4n) is 4.51. The number of fused-ring (bicyclic) bond motifs is 1. The lowest BCUT2D eigenvalue weighted by Gasteiger charge is -2.28. The van der Waals surface area contributed by atoms with Crippen molar-refractivity contribution in [3.8, 4) is 11.8 Å². The van der Waals surface area contributed by atoms with E-state index in [9.17, 15) is 14.4 Å². The highest BCUT2D eigenvalue weighted by Crippen LogP contribution is 2.36. The number of imidazole rings is 1. The molecule has 33 heavy (non-hydrogen) atoms. The Balaban J connectivity index is 1.72. The summed E-state index contributed by atoms with van der Waals surface area (Å²) in [4.78, 5) is 40.8. The molecule has 7 nitrogen and oxygen atoms in total. The molecule has 0 unspecified atom stereocenters. The summed E-state index contributed by atoms with van der Waals surface area (Å²) in [5.41, 5.74) is 4.03. The van der Waals surface area contributed by atoms with Crippen LogP contribution in [0.3, 0.4) is 0 Å². The first kappa shape index (κ1) is 20.7. The Labute approximate surface area is 189 Å². The van der Waals surface area contributed by atoms with Gasteiger partial charge in [0.15, 0.2) is 0 Å². The highest BCUT2D eigenvalue weighted by atomic mass is 16.5. The molecule has 0 fully saturated rings. The van der Waals surface area contributed by atoms with Gasteiger partial charge in [-0.2, -0.15) is 0 Å². The molecule has 1 aliphatic rings. The van der Waals surface area contributed by atoms with Crippen molar-refractivity contribution in [3.05, 3.63) is 75.2 Å². The standard InChI is InChI=1S/C26H21N3O4/c1-15-13-21-22(28(3)26(32)27(21)2)14-20(15)29-24(30)18-9-5-8-17-16(7-6-12-33-4)10-11-19(23(17)18)25(29)31/h5,8-11,13-14H,12H2,1-4H3. The quantitative estimate of drug-likeness (QED) is 0.355. The predicted octanol–water partition coefficient (Wildman–Crippen LogP) is 3.14. The average Bonchev–Trinajstić information content (AvgIpc) is 3.01. The molecule has 4 aromatic rings. The molecule has 164 valence electrons. The molecule has 2 amide bonds. The van der Waals surface area contributed by atoms with Gasteiger partial charge in [-0.15, -0.1) is 0 Å². The molecule has 2 heterocycles. The van der Waals surface area contributed by atoms with Crippen molar-refractivity contribution in [2.24, 2.45) is 14.1 Å². The number of hydrogen-bond donors (Lipinski definition) is 0. The third-order valence-corrected chi connectivity index (χ3v) is 6.18. The Kier molecular flexibility index (Phi) is 4.69. The van der Waals surface area contributed by atoms with E-state index in [1.807, 2.05) is 19.1 Å². The SMILES string of the molecule is COCC#Cc1ccc2c3c(cccc13)C(=O)N(c1cc3c(cc1C)n(C)c(=O)n3C)C2=O. The normalized spacial score (nSPS) is 13.0. The Morgan fingerprint density at radius 3 is 2.27 bits per heavy atom. The summed E-state index contributed by atoms with van der Waals surface area (Å²) in [6.07, 6.45) is 0. The van der Waals surface area contributed by atoms with Crippen LogP contribution in [-0.4, -0.2) is 34.7 Å². The Morgan fingerprint density at radius 1 is 0.909 bits per heavy atom. The minimum atomic E-state index is -0.400. The van der Waals surface area contributed by atoms with Crippen LogP contribution in [0, 0.1) is 18.8 Å². The van der Waals surface area contributed by atoms with E-state index in [4.69, 9.17) is 4.74 Å². The first-order chi connectivity index (χ1) is 15.8. The molecule has 3 aromatic carbocycles. The van der Waals surface area contributed by atoms with Gasteiger partial charge >= 0.3 is 5.69 Å². The molecule has 0 aliphatic carbocycles. The van der Waals surface area contributed by atoms with Crippen molar-refractivity contribution < 1.29 is 14.3 Å². The zero-order chi connectivity index (χ0) is 23.4. The molecular formula is C26H21N3O4. The van der Waals surface area contributed by atoms with Crippen LogP contribution in [0.2, 0.25) is 0 Å². The number of benzene rings is 3. The number of amides is 2. The van der Waals surface area contributed by atoms with Gasteiger partial charge in [-0.1, -0.05) is 24.0 Å². The lowest BCUT2D eigenvalue weighted by Crippen LogP contribution is -2.41. The number of carbonyl (C=O) groups excluding carboxylic acids is 2. The zero-order valence-electron chi connectivity index (χ0n) is 18.7. The van der Waals surface area contributed by atoms with Crippen LogP contribution in [0.4, 0.5) is 5.69 Å². The predicted molar refractivity (Wildman–Crippen MR) is 127 cm³/mol. The molecule has 0 radical (unpaired) electrons. The third-order valence-electron chi connectivity index (χ3n) is 6.18. The van der Waals surface area contributed by atoms with Gasteiger partial charge in [-0.05, 0) is 48.2 Å². The van der Waals surface area contributed by atoms with Crippen LogP contribution in [0.5, 0.6) is 0 Å². The Morgan fingerprint density at radius 2 is 1.58 bits per heavy atom. The monoisotopic (exact) mass is 439 g/mol. The number of carbonyl (C=O) groups is 2. The number of rotatable bonds is 2. The van der Waals surface area contributed by atoms with Crippen LogP contribution in [0.15, 0.2) is 47.3 Å². The molecule has 0 spiro atoms. The number of hydrogen-bond acceptors (Lipinski definition) is 4. The number of nitrogens with zero attached hydrogens (tertiary/aromatic N) is 3. The van der Waals surface area contributed by atoms with Crippen molar-refractivity contribution in [1.29, 1.82) is 0 Å². The Hall–Kier alpha value is -4.15. The highest BCUT2D eigenvalue weighted by Gasteiger charge is 2.35. The van der Waals surface area contributed by atoms with E-state index in [0.29, 0.717) is 27.7 Å². The molecule has 0 saturated heterocycles. The average molecular weight is 439 g/mol. The van der Waals surface area contributed by atoms with Gasteiger partial charge in [0.05, 0.1) is 16.7 Å². The number of aryl methyl sites for hydroxylation is 3. The highest BCUT2D eigenvalue weighted by molar-refractivity contribution is 6.36. The van der Waals surface area contributed by atoms with Crippen LogP contribution in [0.25, 0.3) is 21.8 Å². The number of methoxy groups -OCH3 is 1. The van der Waals surface area contributed by atoms with Crippen molar-refractivity contribution in [2.45, 2.75) is 6.92 Å². The van der Waals surface area contributed by atoms with E-state index >= 15 is 0 Å². The Bertz CT molecular complexity index is 1610. The summed E-state index contributed by atoms with van der Waals surface area (Å²) in [6, 6.07) is 12.5. The first-order valence-electron chi connectivity index (χ1n) is 10.4. The minimum absolute atomic E-state index is 0.171. The van der Waals surface area contributed by atoms with Gasteiger partial charge in [0, 0.05) is 43.3 Å². The molecule has 0 atom stereocenters. The summed E-state index contributed by atoms with van der Waals surface area (Å²) in [7, 11) is 4.95. The van der Waals surface area contributed by atoms with Crippen LogP contribution in [0.1, 0.15) is 31.8 Å². The summed E-state index contributed by atoms with van der Waals surface area (Å²) >= 11 is 0. The van der Waals surface area contributed by atoms with Crippen LogP contribution < -0.4 is 10.6 Å². The maximum absolute atomic E-state index is 13.6. The topological polar surface area (TPSA) is 73.5 Å². The fraction of sp³-hybridized carbons (Fsp3) is 0.192. The molecule has 0 bridgehead atoms. The van der Waals surface area contributed by atoms with Gasteiger partial charge in [0.2, 0.25) is 0 Å². The molecular weight excluding hydrogens is 418 g/mol. The summed E-state index contributed by atoms with van der Waals surface area (Å²) in [6.45, 7) is 2.12. The maximum Gasteiger partial charge on any atom is 0.328 e. The fourth-order valence-corrected chi connectivity index (χ4v) is 4.51. The number of ether oxygens (including phenoxy) is 1. The van der Waals surface area contributed by atoms with Gasteiger partial charge in [0.1, 0.15) is 6.61 Å². The van der Waals surface area contributed by atoms with E-state index in [2.05, 4.69) is 11.8 Å². The maximum atomic E-state index is 13.6. The lowest BCUT2D eigenvalue weighted by molar-refractivity contribution is 0.0893. The van der Waals surface area contributed by atoms with Gasteiger partial charge in [-0.3, -0.25) is 18.7 Å². The first-order valence-corrected chi connectivity index (χ1v) is 10.4. The van der Waals surface area contributed by atoms with Crippen molar-refractivity contribution in [2.75, 3.05) is 18.6 Å². The van der Waals surface area contributed by atoms with Crippen molar-refractivity contribution in [3.63, 3.8) is 0 Å². The number of imide groups is 1. The molecule has 1 aromatic heterocycles. The van der Waals surface area contributed by atoms with E-state index < -0.39 is 11.8 Å². The lowest BCUT2D eigenvalue weighted by atomic mass is 9.91. The van der Waals surface area contributed by atoms with Crippen LogP contribution >= 0.6 is 0 Å². The molecule has 0 N–H and O–H groups in total. The van der Waals surface area contributed by atoms with E-state index in [1.54, 1.807) is 56.1 Å². The number of anilines is 1. The van der Waals surface area contributed by atoms with Crippen LogP contribution in [-0.2, 0) is 18.8 Å². The van der Waals surface area contributed by atoms with Crippen molar-refractivity contribution >= 4 is 39.3 Å². The third kappa shape index (κ3) is 2.92. The summed E-state index contributed by atoms with van der Waals surface area (Å²) in [5, 5.41) is 1.37. The largest absolute Gasteiger partial charge is 0.372 e. The summed E-state index contributed by atoms with van der Waals surface area (Å²) in [5.74, 6) is 5.19. The van der Waals surface area contributed by atoms with Gasteiger partial charge in [-0.25, -0.2) is 9.69 Å². The molecule has 1 aliphatic heterocycles. The summed E-state index contributed by atoms with van der Waals surface area (Å²) < 4.78 is 8.06. The minimum Gasteiger partial charge on any atom is -0.372 e. The number of aromatic nitrogens is 2. The molecule has 0 saturated carbocycles. The van der Waals surface area contributed by atoms with E-state index in [0.717, 1.165) is 22.0 Å². The zero-order valence-corrected chi connectivity index (χ0v) is 18.7. The van der Waals surface area contributed by atoms with E-state index in [-0.39, 0.29) is 12.3 Å². The second-order valence-corrected chi connectivity index (χ2v) is 8.10. The second-order valence-electron chi connectivity index (χ2n) is 8.10. The van der Waals surface area contributed by atoms with E-state index in [1.165, 1.54) is 9.47 Å². The van der Waals surface area contributed by atoms with Gasteiger partial charge < -0.3 is 4.74 Å². The smallest absolute Gasteiger partial charge is 0.328 e.